The molecular formula is C21H27FN4O2. The summed E-state index contributed by atoms with van der Waals surface area (Å²) in [5.74, 6) is -0.213. The first-order valence-electron chi connectivity index (χ1n) is 10.00. The molecule has 2 aromatic rings. The SMILES string of the molecule is C[C@@H]1Cc2c(C(=O)N3CCCN(Cc4ccc(F)cc4)CC3)n[nH]c2[C@H](C)O1. The van der Waals surface area contributed by atoms with E-state index in [4.69, 9.17) is 4.74 Å². The van der Waals surface area contributed by atoms with Gasteiger partial charge in [0.05, 0.1) is 17.9 Å². The molecule has 0 aliphatic carbocycles. The number of benzene rings is 1. The van der Waals surface area contributed by atoms with E-state index >= 15 is 0 Å². The van der Waals surface area contributed by atoms with Crippen molar-refractivity contribution in [3.8, 4) is 0 Å². The van der Waals surface area contributed by atoms with Crippen LogP contribution in [0.1, 0.15) is 53.7 Å². The average molecular weight is 386 g/mol. The van der Waals surface area contributed by atoms with E-state index in [0.717, 1.165) is 49.4 Å². The number of rotatable bonds is 3. The highest BCUT2D eigenvalue weighted by Crippen LogP contribution is 2.30. The molecule has 2 aliphatic rings. The minimum absolute atomic E-state index is 0.00225. The standard InChI is InChI=1S/C21H27FN4O2/c1-14-12-18-19(15(2)28-14)23-24-20(18)21(27)26-9-3-8-25(10-11-26)13-16-4-6-17(22)7-5-16/h4-7,14-15H,3,8-13H2,1-2H3,(H,23,24)/t14-,15+/m1/s1. The summed E-state index contributed by atoms with van der Waals surface area (Å²) in [6.45, 7) is 7.89. The van der Waals surface area contributed by atoms with E-state index in [1.165, 1.54) is 12.1 Å². The number of fused-ring (bicyclic) bond motifs is 1. The first kappa shape index (κ1) is 19.1. The molecule has 4 rings (SSSR count). The van der Waals surface area contributed by atoms with Crippen molar-refractivity contribution in [1.29, 1.82) is 0 Å². The predicted molar refractivity (Wildman–Crippen MR) is 103 cm³/mol. The van der Waals surface area contributed by atoms with Crippen molar-refractivity contribution in [3.05, 3.63) is 52.6 Å². The smallest absolute Gasteiger partial charge is 0.274 e. The number of amides is 1. The molecule has 2 atom stereocenters. The number of halogens is 1. The number of H-pyrrole nitrogens is 1. The highest BCUT2D eigenvalue weighted by Gasteiger charge is 2.31. The van der Waals surface area contributed by atoms with Crippen LogP contribution in [-0.4, -0.2) is 58.2 Å². The second-order valence-corrected chi connectivity index (χ2v) is 7.81. The van der Waals surface area contributed by atoms with E-state index in [0.29, 0.717) is 18.7 Å². The maximum absolute atomic E-state index is 13.1. The van der Waals surface area contributed by atoms with Crippen molar-refractivity contribution < 1.29 is 13.9 Å². The zero-order valence-electron chi connectivity index (χ0n) is 16.4. The summed E-state index contributed by atoms with van der Waals surface area (Å²) in [6.07, 6.45) is 1.64. The number of ether oxygens (including phenoxy) is 1. The molecule has 1 saturated heterocycles. The number of nitrogens with one attached hydrogen (secondary N) is 1. The van der Waals surface area contributed by atoms with E-state index in [1.807, 2.05) is 30.9 Å². The van der Waals surface area contributed by atoms with Gasteiger partial charge in [-0.25, -0.2) is 4.39 Å². The van der Waals surface area contributed by atoms with Crippen LogP contribution in [0.5, 0.6) is 0 Å². The Bertz CT molecular complexity index is 835. The largest absolute Gasteiger partial charge is 0.369 e. The van der Waals surface area contributed by atoms with Crippen molar-refractivity contribution in [2.24, 2.45) is 0 Å². The molecule has 0 bridgehead atoms. The average Bonchev–Trinajstić information content (AvgIpc) is 2.95. The van der Waals surface area contributed by atoms with Crippen molar-refractivity contribution in [3.63, 3.8) is 0 Å². The molecule has 2 aliphatic heterocycles. The summed E-state index contributed by atoms with van der Waals surface area (Å²) in [6, 6.07) is 6.64. The third-order valence-corrected chi connectivity index (χ3v) is 5.63. The highest BCUT2D eigenvalue weighted by atomic mass is 19.1. The molecule has 28 heavy (non-hydrogen) atoms. The third kappa shape index (κ3) is 3.95. The Kier molecular flexibility index (Phi) is 5.46. The van der Waals surface area contributed by atoms with Gasteiger partial charge < -0.3 is 9.64 Å². The Morgan fingerprint density at radius 1 is 1.21 bits per heavy atom. The molecule has 0 saturated carbocycles. The first-order valence-corrected chi connectivity index (χ1v) is 10.00. The Morgan fingerprint density at radius 2 is 2.00 bits per heavy atom. The van der Waals surface area contributed by atoms with Gasteiger partial charge in [0.15, 0.2) is 5.69 Å². The fourth-order valence-electron chi connectivity index (χ4n) is 4.18. The molecule has 0 spiro atoms. The molecular weight excluding hydrogens is 359 g/mol. The highest BCUT2D eigenvalue weighted by molar-refractivity contribution is 5.94. The van der Waals surface area contributed by atoms with Gasteiger partial charge in [-0.2, -0.15) is 5.10 Å². The number of hydrogen-bond donors (Lipinski definition) is 1. The van der Waals surface area contributed by atoms with Gasteiger partial charge in [0, 0.05) is 44.7 Å². The summed E-state index contributed by atoms with van der Waals surface area (Å²) in [5.41, 5.74) is 3.56. The van der Waals surface area contributed by atoms with Gasteiger partial charge in [-0.3, -0.25) is 14.8 Å². The number of carbonyl (C=O) groups is 1. The molecule has 0 radical (unpaired) electrons. The molecule has 6 nitrogen and oxygen atoms in total. The Hall–Kier alpha value is -2.25. The zero-order valence-corrected chi connectivity index (χ0v) is 16.4. The molecule has 0 unspecified atom stereocenters. The van der Waals surface area contributed by atoms with E-state index in [2.05, 4.69) is 15.1 Å². The van der Waals surface area contributed by atoms with Crippen molar-refractivity contribution in [2.75, 3.05) is 26.2 Å². The zero-order chi connectivity index (χ0) is 19.7. The van der Waals surface area contributed by atoms with Crippen LogP contribution in [0.4, 0.5) is 4.39 Å². The lowest BCUT2D eigenvalue weighted by atomic mass is 9.99. The molecule has 1 aromatic carbocycles. The second kappa shape index (κ2) is 8.01. The van der Waals surface area contributed by atoms with Crippen molar-refractivity contribution >= 4 is 5.91 Å². The van der Waals surface area contributed by atoms with Crippen LogP contribution in [0, 0.1) is 5.82 Å². The van der Waals surface area contributed by atoms with E-state index in [1.54, 1.807) is 0 Å². The number of aromatic amines is 1. The maximum atomic E-state index is 13.1. The summed E-state index contributed by atoms with van der Waals surface area (Å²) in [7, 11) is 0. The van der Waals surface area contributed by atoms with Crippen LogP contribution in [0.2, 0.25) is 0 Å². The van der Waals surface area contributed by atoms with Crippen LogP contribution in [0.3, 0.4) is 0 Å². The van der Waals surface area contributed by atoms with Gasteiger partial charge in [0.2, 0.25) is 0 Å². The molecule has 1 aromatic heterocycles. The normalized spacial score (nSPS) is 23.3. The summed E-state index contributed by atoms with van der Waals surface area (Å²) in [5, 5.41) is 7.35. The fraction of sp³-hybridized carbons (Fsp3) is 0.524. The third-order valence-electron chi connectivity index (χ3n) is 5.63. The van der Waals surface area contributed by atoms with Crippen LogP contribution < -0.4 is 0 Å². The Balaban J connectivity index is 1.42. The van der Waals surface area contributed by atoms with E-state index in [9.17, 15) is 9.18 Å². The summed E-state index contributed by atoms with van der Waals surface area (Å²) in [4.78, 5) is 17.4. The van der Waals surface area contributed by atoms with Gasteiger partial charge in [-0.05, 0) is 38.0 Å². The lowest BCUT2D eigenvalue weighted by Gasteiger charge is -2.26. The number of nitrogens with zero attached hydrogens (tertiary/aromatic N) is 3. The topological polar surface area (TPSA) is 61.5 Å². The van der Waals surface area contributed by atoms with E-state index < -0.39 is 0 Å². The number of aromatic nitrogens is 2. The van der Waals surface area contributed by atoms with Gasteiger partial charge in [0.25, 0.3) is 5.91 Å². The van der Waals surface area contributed by atoms with Crippen LogP contribution >= 0.6 is 0 Å². The molecule has 1 fully saturated rings. The fourth-order valence-corrected chi connectivity index (χ4v) is 4.18. The molecule has 150 valence electrons. The van der Waals surface area contributed by atoms with Gasteiger partial charge in [-0.15, -0.1) is 0 Å². The van der Waals surface area contributed by atoms with Gasteiger partial charge >= 0.3 is 0 Å². The predicted octanol–water partition coefficient (Wildman–Crippen LogP) is 2.92. The molecule has 3 heterocycles. The van der Waals surface area contributed by atoms with Crippen LogP contribution in [-0.2, 0) is 17.7 Å². The van der Waals surface area contributed by atoms with Gasteiger partial charge in [-0.1, -0.05) is 12.1 Å². The lowest BCUT2D eigenvalue weighted by molar-refractivity contribution is -0.00701. The minimum atomic E-state index is -0.215. The molecule has 1 amide bonds. The summed E-state index contributed by atoms with van der Waals surface area (Å²) >= 11 is 0. The van der Waals surface area contributed by atoms with Crippen LogP contribution in [0.15, 0.2) is 24.3 Å². The molecule has 1 N–H and O–H groups in total. The number of hydrogen-bond acceptors (Lipinski definition) is 4. The van der Waals surface area contributed by atoms with Gasteiger partial charge in [0.1, 0.15) is 5.82 Å². The van der Waals surface area contributed by atoms with Crippen LogP contribution in [0.25, 0.3) is 0 Å². The lowest BCUT2D eigenvalue weighted by Crippen LogP contribution is -2.36. The second-order valence-electron chi connectivity index (χ2n) is 7.81. The maximum Gasteiger partial charge on any atom is 0.274 e. The summed E-state index contributed by atoms with van der Waals surface area (Å²) < 4.78 is 18.9. The minimum Gasteiger partial charge on any atom is -0.369 e. The Labute approximate surface area is 164 Å². The first-order chi connectivity index (χ1) is 13.5. The van der Waals surface area contributed by atoms with Crippen molar-refractivity contribution in [1.82, 2.24) is 20.0 Å². The van der Waals surface area contributed by atoms with Crippen molar-refractivity contribution in [2.45, 2.75) is 45.4 Å². The molecule has 7 heteroatoms. The number of carbonyl (C=O) groups excluding carboxylic acids is 1. The van der Waals surface area contributed by atoms with E-state index in [-0.39, 0.29) is 23.9 Å². The monoisotopic (exact) mass is 386 g/mol. The Morgan fingerprint density at radius 3 is 2.79 bits per heavy atom. The quantitative estimate of drug-likeness (QED) is 0.881.